The molecule has 2 N–H and O–H groups in total. The molecule has 0 radical (unpaired) electrons. The Balaban J connectivity index is 1.88. The van der Waals surface area contributed by atoms with Gasteiger partial charge in [0.15, 0.2) is 0 Å². The van der Waals surface area contributed by atoms with E-state index in [1.807, 2.05) is 13.8 Å². The molecule has 6 heteroatoms. The van der Waals surface area contributed by atoms with Crippen LogP contribution in [-0.2, 0) is 14.4 Å². The van der Waals surface area contributed by atoms with Gasteiger partial charge in [0.1, 0.15) is 0 Å². The highest BCUT2D eigenvalue weighted by atomic mass is 16.2. The van der Waals surface area contributed by atoms with Crippen LogP contribution in [0.3, 0.4) is 0 Å². The average molecular weight is 307 g/mol. The van der Waals surface area contributed by atoms with Gasteiger partial charge in [-0.1, -0.05) is 6.58 Å². The van der Waals surface area contributed by atoms with Gasteiger partial charge in [-0.2, -0.15) is 0 Å². The van der Waals surface area contributed by atoms with Crippen LogP contribution in [0, 0.1) is 11.8 Å². The van der Waals surface area contributed by atoms with Crippen molar-refractivity contribution in [2.45, 2.75) is 38.6 Å². The summed E-state index contributed by atoms with van der Waals surface area (Å²) in [6, 6.07) is 0. The van der Waals surface area contributed by atoms with Gasteiger partial charge in [0.25, 0.3) is 0 Å². The van der Waals surface area contributed by atoms with Crippen molar-refractivity contribution in [3.8, 4) is 0 Å². The molecule has 0 aromatic heterocycles. The van der Waals surface area contributed by atoms with E-state index >= 15 is 0 Å². The van der Waals surface area contributed by atoms with E-state index in [4.69, 9.17) is 0 Å². The second-order valence-corrected chi connectivity index (χ2v) is 6.72. The van der Waals surface area contributed by atoms with Gasteiger partial charge in [0.2, 0.25) is 17.7 Å². The van der Waals surface area contributed by atoms with Crippen molar-refractivity contribution in [1.82, 2.24) is 15.5 Å². The van der Waals surface area contributed by atoms with Crippen LogP contribution in [0.2, 0.25) is 0 Å². The smallest absolute Gasteiger partial charge is 0.245 e. The maximum absolute atomic E-state index is 12.3. The van der Waals surface area contributed by atoms with E-state index in [2.05, 4.69) is 17.2 Å². The molecule has 2 aliphatic heterocycles. The van der Waals surface area contributed by atoms with E-state index < -0.39 is 0 Å². The average Bonchev–Trinajstić information content (AvgIpc) is 2.93. The fraction of sp³-hybridized carbons (Fsp3) is 0.688. The zero-order valence-electron chi connectivity index (χ0n) is 13.4. The molecule has 2 heterocycles. The number of piperidine rings is 1. The summed E-state index contributed by atoms with van der Waals surface area (Å²) in [5.41, 5.74) is -0.341. The standard InChI is InChI=1S/C16H25N3O3/c1-4-14(21)19-7-5-12(6-8-19)16(2,3)18-15(22)11-9-13(20)17-10-11/h4,11-12H,1,5-10H2,2-3H3,(H,17,20)(H,18,22)/t11-/m1/s1. The minimum absolute atomic E-state index is 0.0316. The van der Waals surface area contributed by atoms with Crippen LogP contribution in [0.15, 0.2) is 12.7 Å². The number of rotatable bonds is 4. The van der Waals surface area contributed by atoms with Gasteiger partial charge in [0, 0.05) is 31.6 Å². The molecule has 2 aliphatic rings. The van der Waals surface area contributed by atoms with Crippen molar-refractivity contribution in [1.29, 1.82) is 0 Å². The minimum Gasteiger partial charge on any atom is -0.355 e. The summed E-state index contributed by atoms with van der Waals surface area (Å²) >= 11 is 0. The third-order valence-corrected chi connectivity index (χ3v) is 4.80. The monoisotopic (exact) mass is 307 g/mol. The molecule has 0 aliphatic carbocycles. The zero-order valence-corrected chi connectivity index (χ0v) is 13.4. The number of nitrogens with one attached hydrogen (secondary N) is 2. The first-order valence-electron chi connectivity index (χ1n) is 7.83. The van der Waals surface area contributed by atoms with E-state index in [1.165, 1.54) is 6.08 Å². The third kappa shape index (κ3) is 3.67. The first-order chi connectivity index (χ1) is 10.3. The Morgan fingerprint density at radius 1 is 1.36 bits per heavy atom. The van der Waals surface area contributed by atoms with Gasteiger partial charge < -0.3 is 15.5 Å². The van der Waals surface area contributed by atoms with Crippen molar-refractivity contribution in [3.05, 3.63) is 12.7 Å². The van der Waals surface area contributed by atoms with E-state index in [0.717, 1.165) is 12.8 Å². The Labute approximate surface area is 131 Å². The molecule has 0 aromatic carbocycles. The number of hydrogen-bond donors (Lipinski definition) is 2. The lowest BCUT2D eigenvalue weighted by Gasteiger charge is -2.41. The fourth-order valence-electron chi connectivity index (χ4n) is 3.26. The molecular formula is C16H25N3O3. The summed E-state index contributed by atoms with van der Waals surface area (Å²) in [5.74, 6) is -0.109. The zero-order chi connectivity index (χ0) is 16.3. The predicted octanol–water partition coefficient (Wildman–Crippen LogP) is 0.442. The molecule has 0 bridgehead atoms. The van der Waals surface area contributed by atoms with Gasteiger partial charge in [-0.15, -0.1) is 0 Å². The van der Waals surface area contributed by atoms with Crippen molar-refractivity contribution >= 4 is 17.7 Å². The Hall–Kier alpha value is -1.85. The molecule has 0 aromatic rings. The third-order valence-electron chi connectivity index (χ3n) is 4.80. The van der Waals surface area contributed by atoms with Crippen molar-refractivity contribution < 1.29 is 14.4 Å². The van der Waals surface area contributed by atoms with Crippen LogP contribution < -0.4 is 10.6 Å². The van der Waals surface area contributed by atoms with Crippen LogP contribution in [-0.4, -0.2) is 47.8 Å². The molecule has 2 saturated heterocycles. The Morgan fingerprint density at radius 2 is 2.00 bits per heavy atom. The van der Waals surface area contributed by atoms with Crippen molar-refractivity contribution in [2.24, 2.45) is 11.8 Å². The Morgan fingerprint density at radius 3 is 2.50 bits per heavy atom. The Bertz CT molecular complexity index is 479. The number of nitrogens with zero attached hydrogens (tertiary/aromatic N) is 1. The highest BCUT2D eigenvalue weighted by Crippen LogP contribution is 2.28. The molecule has 2 fully saturated rings. The number of amides is 3. The molecule has 0 saturated carbocycles. The summed E-state index contributed by atoms with van der Waals surface area (Å²) in [6.45, 7) is 9.36. The summed E-state index contributed by atoms with van der Waals surface area (Å²) < 4.78 is 0. The molecule has 0 unspecified atom stereocenters. The summed E-state index contributed by atoms with van der Waals surface area (Å²) in [5, 5.41) is 5.78. The minimum atomic E-state index is -0.341. The molecule has 122 valence electrons. The van der Waals surface area contributed by atoms with Crippen molar-refractivity contribution in [2.75, 3.05) is 19.6 Å². The normalized spacial score (nSPS) is 23.1. The maximum atomic E-state index is 12.3. The fourth-order valence-corrected chi connectivity index (χ4v) is 3.26. The lowest BCUT2D eigenvalue weighted by atomic mass is 9.80. The lowest BCUT2D eigenvalue weighted by Crippen LogP contribution is -2.54. The van der Waals surface area contributed by atoms with Gasteiger partial charge in [-0.05, 0) is 38.7 Å². The quantitative estimate of drug-likeness (QED) is 0.740. The topological polar surface area (TPSA) is 78.5 Å². The van der Waals surface area contributed by atoms with Gasteiger partial charge >= 0.3 is 0 Å². The molecule has 6 nitrogen and oxygen atoms in total. The molecule has 3 amide bonds. The summed E-state index contributed by atoms with van der Waals surface area (Å²) in [7, 11) is 0. The molecule has 1 atom stereocenters. The van der Waals surface area contributed by atoms with Gasteiger partial charge in [0.05, 0.1) is 5.92 Å². The Kier molecular flexibility index (Phi) is 4.88. The second-order valence-electron chi connectivity index (χ2n) is 6.72. The highest BCUT2D eigenvalue weighted by Gasteiger charge is 2.37. The maximum Gasteiger partial charge on any atom is 0.245 e. The second kappa shape index (κ2) is 6.50. The van der Waals surface area contributed by atoms with E-state index in [1.54, 1.807) is 4.90 Å². The number of likely N-dealkylation sites (tertiary alicyclic amines) is 1. The first-order valence-corrected chi connectivity index (χ1v) is 7.83. The largest absolute Gasteiger partial charge is 0.355 e. The van der Waals surface area contributed by atoms with Crippen LogP contribution in [0.1, 0.15) is 33.1 Å². The van der Waals surface area contributed by atoms with Crippen molar-refractivity contribution in [3.63, 3.8) is 0 Å². The van der Waals surface area contributed by atoms with Crippen LogP contribution >= 0.6 is 0 Å². The predicted molar refractivity (Wildman–Crippen MR) is 82.8 cm³/mol. The van der Waals surface area contributed by atoms with Crippen LogP contribution in [0.5, 0.6) is 0 Å². The van der Waals surface area contributed by atoms with Crippen LogP contribution in [0.25, 0.3) is 0 Å². The number of carbonyl (C=O) groups is 3. The highest BCUT2D eigenvalue weighted by molar-refractivity contribution is 5.89. The van der Waals surface area contributed by atoms with E-state index in [0.29, 0.717) is 25.6 Å². The lowest BCUT2D eigenvalue weighted by molar-refractivity contribution is -0.130. The summed E-state index contributed by atoms with van der Waals surface area (Å²) in [6.07, 6.45) is 3.33. The molecule has 22 heavy (non-hydrogen) atoms. The molecular weight excluding hydrogens is 282 g/mol. The van der Waals surface area contributed by atoms with Crippen LogP contribution in [0.4, 0.5) is 0 Å². The number of hydrogen-bond acceptors (Lipinski definition) is 3. The SMILES string of the molecule is C=CC(=O)N1CCC(C(C)(C)NC(=O)[C@H]2CNC(=O)C2)CC1. The van der Waals surface area contributed by atoms with E-state index in [9.17, 15) is 14.4 Å². The van der Waals surface area contributed by atoms with E-state index in [-0.39, 0.29) is 35.6 Å². The first kappa shape index (κ1) is 16.5. The summed E-state index contributed by atoms with van der Waals surface area (Å²) in [4.78, 5) is 36.9. The number of carbonyl (C=O) groups excluding carboxylic acids is 3. The van der Waals surface area contributed by atoms with Gasteiger partial charge in [-0.3, -0.25) is 14.4 Å². The van der Waals surface area contributed by atoms with Gasteiger partial charge in [-0.25, -0.2) is 0 Å². The molecule has 2 rings (SSSR count). The molecule has 0 spiro atoms.